The van der Waals surface area contributed by atoms with Crippen LogP contribution in [0.4, 0.5) is 0 Å². The smallest absolute Gasteiger partial charge is 0.202 e. The van der Waals surface area contributed by atoms with Crippen molar-refractivity contribution < 1.29 is 8.95 Å². The summed E-state index contributed by atoms with van der Waals surface area (Å²) in [4.78, 5) is 5.51. The molecule has 0 saturated heterocycles. The first-order valence-corrected chi connectivity index (χ1v) is 8.47. The standard InChI is InChI=1S/C17H25NO2S/c1-12-7-9-13(10-8-12)21(19)17(5,6)15-18-14(11-20-15)16(2,3)4/h7-10,14H,11H2,1-6H3/t14-,21+/m1/s1. The summed E-state index contributed by atoms with van der Waals surface area (Å²) in [6.07, 6.45) is 0. The van der Waals surface area contributed by atoms with Crippen LogP contribution in [0.15, 0.2) is 34.2 Å². The lowest BCUT2D eigenvalue weighted by molar-refractivity contribution is 0.231. The van der Waals surface area contributed by atoms with Gasteiger partial charge in [0.05, 0.1) is 16.8 Å². The van der Waals surface area contributed by atoms with Gasteiger partial charge in [0.1, 0.15) is 11.4 Å². The third-order valence-corrected chi connectivity index (χ3v) is 5.67. The van der Waals surface area contributed by atoms with E-state index in [2.05, 4.69) is 20.8 Å². The Balaban J connectivity index is 2.26. The third kappa shape index (κ3) is 3.37. The van der Waals surface area contributed by atoms with Crippen molar-refractivity contribution in [2.45, 2.75) is 57.2 Å². The lowest BCUT2D eigenvalue weighted by Crippen LogP contribution is -2.37. The summed E-state index contributed by atoms with van der Waals surface area (Å²) >= 11 is 0. The van der Waals surface area contributed by atoms with Gasteiger partial charge < -0.3 is 4.74 Å². The van der Waals surface area contributed by atoms with Gasteiger partial charge in [-0.1, -0.05) is 38.5 Å². The van der Waals surface area contributed by atoms with Crippen molar-refractivity contribution in [3.63, 3.8) is 0 Å². The summed E-state index contributed by atoms with van der Waals surface area (Å²) in [5.41, 5.74) is 1.22. The molecule has 0 aromatic heterocycles. The summed E-state index contributed by atoms with van der Waals surface area (Å²) in [7, 11) is -1.19. The van der Waals surface area contributed by atoms with E-state index in [0.717, 1.165) is 10.5 Å². The van der Waals surface area contributed by atoms with Gasteiger partial charge in [-0.2, -0.15) is 0 Å². The molecule has 21 heavy (non-hydrogen) atoms. The predicted octanol–water partition coefficient (Wildman–Crippen LogP) is 3.72. The van der Waals surface area contributed by atoms with E-state index in [1.807, 2.05) is 45.0 Å². The Morgan fingerprint density at radius 1 is 1.14 bits per heavy atom. The van der Waals surface area contributed by atoms with Crippen LogP contribution in [0.2, 0.25) is 0 Å². The second kappa shape index (κ2) is 5.56. The van der Waals surface area contributed by atoms with E-state index >= 15 is 0 Å². The van der Waals surface area contributed by atoms with Gasteiger partial charge in [0, 0.05) is 4.90 Å². The molecule has 0 amide bonds. The minimum atomic E-state index is -1.19. The van der Waals surface area contributed by atoms with Crippen molar-refractivity contribution in [3.8, 4) is 0 Å². The molecule has 2 atom stereocenters. The number of hydrogen-bond donors (Lipinski definition) is 0. The molecule has 0 spiro atoms. The summed E-state index contributed by atoms with van der Waals surface area (Å²) < 4.78 is 18.0. The molecule has 116 valence electrons. The van der Waals surface area contributed by atoms with E-state index < -0.39 is 15.5 Å². The van der Waals surface area contributed by atoms with Crippen molar-refractivity contribution in [1.29, 1.82) is 0 Å². The van der Waals surface area contributed by atoms with Gasteiger partial charge in [-0.3, -0.25) is 4.21 Å². The van der Waals surface area contributed by atoms with Crippen LogP contribution in [0.5, 0.6) is 0 Å². The lowest BCUT2D eigenvalue weighted by atomic mass is 9.88. The predicted molar refractivity (Wildman–Crippen MR) is 88.3 cm³/mol. The van der Waals surface area contributed by atoms with Gasteiger partial charge in [0.2, 0.25) is 5.90 Å². The van der Waals surface area contributed by atoms with Gasteiger partial charge in [-0.05, 0) is 38.3 Å². The number of hydrogen-bond acceptors (Lipinski definition) is 3. The zero-order valence-electron chi connectivity index (χ0n) is 13.8. The zero-order chi connectivity index (χ0) is 15.8. The molecule has 0 radical (unpaired) electrons. The van der Waals surface area contributed by atoms with Crippen molar-refractivity contribution in [3.05, 3.63) is 29.8 Å². The van der Waals surface area contributed by atoms with E-state index in [4.69, 9.17) is 9.73 Å². The minimum absolute atomic E-state index is 0.0587. The molecule has 3 nitrogen and oxygen atoms in total. The maximum Gasteiger partial charge on any atom is 0.202 e. The largest absolute Gasteiger partial charge is 0.478 e. The van der Waals surface area contributed by atoms with Crippen LogP contribution in [-0.4, -0.2) is 27.5 Å². The molecule has 0 fully saturated rings. The first-order valence-electron chi connectivity index (χ1n) is 7.32. The molecule has 1 heterocycles. The number of aryl methyl sites for hydroxylation is 1. The van der Waals surface area contributed by atoms with Crippen LogP contribution in [0.25, 0.3) is 0 Å². The molecule has 0 N–H and O–H groups in total. The van der Waals surface area contributed by atoms with Gasteiger partial charge in [0.25, 0.3) is 0 Å². The zero-order valence-corrected chi connectivity index (χ0v) is 14.6. The second-order valence-corrected chi connectivity index (χ2v) is 9.25. The Morgan fingerprint density at radius 2 is 1.71 bits per heavy atom. The van der Waals surface area contributed by atoms with Crippen LogP contribution in [0.1, 0.15) is 40.2 Å². The molecule has 0 bridgehead atoms. The molecule has 0 unspecified atom stereocenters. The van der Waals surface area contributed by atoms with Gasteiger partial charge >= 0.3 is 0 Å². The van der Waals surface area contributed by atoms with Crippen LogP contribution in [-0.2, 0) is 15.5 Å². The Kier molecular flexibility index (Phi) is 4.29. The van der Waals surface area contributed by atoms with Crippen molar-refractivity contribution in [1.82, 2.24) is 0 Å². The Bertz CT molecular complexity index is 567. The monoisotopic (exact) mass is 307 g/mol. The number of aliphatic imine (C=N–C) groups is 1. The highest BCUT2D eigenvalue weighted by Gasteiger charge is 2.41. The SMILES string of the molecule is Cc1ccc([S@](=O)C(C)(C)C2=N[C@@H](C(C)(C)C)CO2)cc1. The Labute approximate surface area is 130 Å². The number of ether oxygens (including phenoxy) is 1. The molecule has 1 aromatic rings. The fourth-order valence-corrected chi connectivity index (χ4v) is 3.43. The average molecular weight is 307 g/mol. The minimum Gasteiger partial charge on any atom is -0.478 e. The molecule has 1 aromatic carbocycles. The normalized spacial score (nSPS) is 20.9. The third-order valence-electron chi connectivity index (χ3n) is 3.86. The lowest BCUT2D eigenvalue weighted by Gasteiger charge is -2.23. The quantitative estimate of drug-likeness (QED) is 0.853. The van der Waals surface area contributed by atoms with Gasteiger partial charge in [0.15, 0.2) is 0 Å². The van der Waals surface area contributed by atoms with Crippen LogP contribution < -0.4 is 0 Å². The summed E-state index contributed by atoms with van der Waals surface area (Å²) in [6.45, 7) is 12.9. The number of rotatable bonds is 3. The van der Waals surface area contributed by atoms with Crippen molar-refractivity contribution >= 4 is 16.7 Å². The van der Waals surface area contributed by atoms with E-state index in [0.29, 0.717) is 12.5 Å². The summed E-state index contributed by atoms with van der Waals surface area (Å²) in [5.74, 6) is 0.612. The number of benzene rings is 1. The highest BCUT2D eigenvalue weighted by atomic mass is 32.2. The molecule has 0 saturated carbocycles. The summed E-state index contributed by atoms with van der Waals surface area (Å²) in [5, 5.41) is 0. The Morgan fingerprint density at radius 3 is 2.19 bits per heavy atom. The highest BCUT2D eigenvalue weighted by molar-refractivity contribution is 7.87. The average Bonchev–Trinajstić information content (AvgIpc) is 2.89. The second-order valence-electron chi connectivity index (χ2n) is 7.22. The van der Waals surface area contributed by atoms with Crippen LogP contribution >= 0.6 is 0 Å². The van der Waals surface area contributed by atoms with Crippen molar-refractivity contribution in [2.24, 2.45) is 10.4 Å². The van der Waals surface area contributed by atoms with Gasteiger partial charge in [-0.15, -0.1) is 0 Å². The maximum absolute atomic E-state index is 12.9. The summed E-state index contributed by atoms with van der Waals surface area (Å²) in [6, 6.07) is 7.94. The topological polar surface area (TPSA) is 38.7 Å². The molecular formula is C17H25NO2S. The molecule has 4 heteroatoms. The van der Waals surface area contributed by atoms with Crippen molar-refractivity contribution in [2.75, 3.05) is 6.61 Å². The first kappa shape index (κ1) is 16.2. The first-order chi connectivity index (χ1) is 9.62. The molecule has 1 aliphatic rings. The van der Waals surface area contributed by atoms with E-state index in [9.17, 15) is 4.21 Å². The Hall–Kier alpha value is -1.16. The molecular weight excluding hydrogens is 282 g/mol. The molecule has 2 rings (SSSR count). The van der Waals surface area contributed by atoms with Gasteiger partial charge in [-0.25, -0.2) is 4.99 Å². The van der Waals surface area contributed by atoms with E-state index in [1.54, 1.807) is 0 Å². The fourth-order valence-electron chi connectivity index (χ4n) is 2.18. The van der Waals surface area contributed by atoms with Crippen LogP contribution in [0.3, 0.4) is 0 Å². The fraction of sp³-hybridized carbons (Fsp3) is 0.588. The molecule has 0 aliphatic carbocycles. The molecule has 1 aliphatic heterocycles. The number of nitrogens with zero attached hydrogens (tertiary/aromatic N) is 1. The van der Waals surface area contributed by atoms with Crippen LogP contribution in [0, 0.1) is 12.3 Å². The van der Waals surface area contributed by atoms with E-state index in [-0.39, 0.29) is 11.5 Å². The van der Waals surface area contributed by atoms with E-state index in [1.165, 1.54) is 0 Å². The highest BCUT2D eigenvalue weighted by Crippen LogP contribution is 2.31. The maximum atomic E-state index is 12.9.